The Morgan fingerprint density at radius 3 is 2.88 bits per heavy atom. The lowest BCUT2D eigenvalue weighted by molar-refractivity contribution is -0.146. The number of benzene rings is 1. The van der Waals surface area contributed by atoms with Gasteiger partial charge in [-0.25, -0.2) is 4.79 Å². The van der Waals surface area contributed by atoms with E-state index in [-0.39, 0.29) is 12.6 Å². The molecule has 0 atom stereocenters. The van der Waals surface area contributed by atoms with Gasteiger partial charge in [-0.1, -0.05) is 31.0 Å². The Kier molecular flexibility index (Phi) is 5.84. The van der Waals surface area contributed by atoms with Gasteiger partial charge in [0.1, 0.15) is 5.75 Å². The fraction of sp³-hybridized carbons (Fsp3) is 0.462. The van der Waals surface area contributed by atoms with Crippen LogP contribution in [0.3, 0.4) is 0 Å². The normalized spacial score (nSPS) is 10.1. The Hall–Kier alpha value is -1.22. The highest BCUT2D eigenvalue weighted by atomic mass is 35.5. The van der Waals surface area contributed by atoms with Crippen molar-refractivity contribution in [3.05, 3.63) is 28.8 Å². The summed E-state index contributed by atoms with van der Waals surface area (Å²) < 4.78 is 10.3. The van der Waals surface area contributed by atoms with Crippen molar-refractivity contribution in [1.29, 1.82) is 0 Å². The molecule has 0 heterocycles. The van der Waals surface area contributed by atoms with Crippen LogP contribution >= 0.6 is 11.6 Å². The standard InChI is InChI=1S/C13H17ClO3/c1-3-4-7-16-13(15)9-17-12-8-10(2)5-6-11(12)14/h5-6,8H,3-4,7,9H2,1-2H3. The number of carbonyl (C=O) groups excluding carboxylic acids is 1. The molecule has 1 rings (SSSR count). The van der Waals surface area contributed by atoms with Crippen molar-refractivity contribution in [2.24, 2.45) is 0 Å². The van der Waals surface area contributed by atoms with Gasteiger partial charge in [0, 0.05) is 0 Å². The summed E-state index contributed by atoms with van der Waals surface area (Å²) in [5, 5.41) is 0.497. The van der Waals surface area contributed by atoms with E-state index in [2.05, 4.69) is 0 Å². The van der Waals surface area contributed by atoms with Crippen LogP contribution in [0.25, 0.3) is 0 Å². The first kappa shape index (κ1) is 13.8. The summed E-state index contributed by atoms with van der Waals surface area (Å²) in [6, 6.07) is 5.42. The summed E-state index contributed by atoms with van der Waals surface area (Å²) in [4.78, 5) is 11.3. The number of carbonyl (C=O) groups is 1. The van der Waals surface area contributed by atoms with Gasteiger partial charge in [-0.2, -0.15) is 0 Å². The van der Waals surface area contributed by atoms with E-state index in [0.717, 1.165) is 18.4 Å². The first-order chi connectivity index (χ1) is 8.13. The smallest absolute Gasteiger partial charge is 0.344 e. The molecule has 17 heavy (non-hydrogen) atoms. The van der Waals surface area contributed by atoms with Gasteiger partial charge in [-0.05, 0) is 31.0 Å². The van der Waals surface area contributed by atoms with Crippen LogP contribution in [-0.2, 0) is 9.53 Å². The van der Waals surface area contributed by atoms with Crippen LogP contribution in [0.4, 0.5) is 0 Å². The Labute approximate surface area is 107 Å². The Morgan fingerprint density at radius 1 is 1.41 bits per heavy atom. The molecule has 94 valence electrons. The van der Waals surface area contributed by atoms with Crippen molar-refractivity contribution in [3.63, 3.8) is 0 Å². The van der Waals surface area contributed by atoms with E-state index in [1.807, 2.05) is 19.9 Å². The maximum absolute atomic E-state index is 11.3. The molecule has 0 aliphatic rings. The predicted molar refractivity (Wildman–Crippen MR) is 67.6 cm³/mol. The van der Waals surface area contributed by atoms with Crippen LogP contribution in [0.5, 0.6) is 5.75 Å². The van der Waals surface area contributed by atoms with E-state index in [1.54, 1.807) is 12.1 Å². The molecule has 0 bridgehead atoms. The Morgan fingerprint density at radius 2 is 2.18 bits per heavy atom. The lowest BCUT2D eigenvalue weighted by atomic mass is 10.2. The summed E-state index contributed by atoms with van der Waals surface area (Å²) in [5.41, 5.74) is 1.03. The van der Waals surface area contributed by atoms with Crippen LogP contribution in [0.15, 0.2) is 18.2 Å². The van der Waals surface area contributed by atoms with Gasteiger partial charge in [-0.15, -0.1) is 0 Å². The quantitative estimate of drug-likeness (QED) is 0.578. The summed E-state index contributed by atoms with van der Waals surface area (Å²) in [7, 11) is 0. The lowest BCUT2D eigenvalue weighted by Crippen LogP contribution is -2.15. The third-order valence-electron chi connectivity index (χ3n) is 2.19. The molecule has 0 saturated carbocycles. The molecule has 0 unspecified atom stereocenters. The summed E-state index contributed by atoms with van der Waals surface area (Å²) in [6.45, 7) is 4.31. The van der Waals surface area contributed by atoms with Gasteiger partial charge in [-0.3, -0.25) is 0 Å². The molecule has 0 aliphatic heterocycles. The minimum absolute atomic E-state index is 0.104. The number of hydrogen-bond acceptors (Lipinski definition) is 3. The number of ether oxygens (including phenoxy) is 2. The van der Waals surface area contributed by atoms with E-state index < -0.39 is 0 Å². The molecular weight excluding hydrogens is 240 g/mol. The van der Waals surface area contributed by atoms with Crippen molar-refractivity contribution in [1.82, 2.24) is 0 Å². The van der Waals surface area contributed by atoms with Crippen molar-refractivity contribution in [3.8, 4) is 5.75 Å². The molecule has 0 radical (unpaired) electrons. The third-order valence-corrected chi connectivity index (χ3v) is 2.51. The molecule has 0 amide bonds. The minimum atomic E-state index is -0.365. The molecule has 4 heteroatoms. The highest BCUT2D eigenvalue weighted by Crippen LogP contribution is 2.25. The number of esters is 1. The summed E-state index contributed by atoms with van der Waals surface area (Å²) in [6.07, 6.45) is 1.87. The molecule has 1 aromatic rings. The second kappa shape index (κ2) is 7.17. The highest BCUT2D eigenvalue weighted by molar-refractivity contribution is 6.32. The van der Waals surface area contributed by atoms with Crippen molar-refractivity contribution >= 4 is 17.6 Å². The monoisotopic (exact) mass is 256 g/mol. The summed E-state index contributed by atoms with van der Waals surface area (Å²) in [5.74, 6) is 0.148. The molecule has 0 saturated heterocycles. The van der Waals surface area contributed by atoms with E-state index in [0.29, 0.717) is 17.4 Å². The van der Waals surface area contributed by atoms with Crippen LogP contribution in [0, 0.1) is 6.92 Å². The molecule has 0 aliphatic carbocycles. The zero-order valence-electron chi connectivity index (χ0n) is 10.2. The average molecular weight is 257 g/mol. The van der Waals surface area contributed by atoms with Crippen molar-refractivity contribution in [2.45, 2.75) is 26.7 Å². The number of hydrogen-bond donors (Lipinski definition) is 0. The van der Waals surface area contributed by atoms with Gasteiger partial charge in [0.2, 0.25) is 0 Å². The first-order valence-corrected chi connectivity index (χ1v) is 6.06. The molecule has 0 fully saturated rings. The van der Waals surface area contributed by atoms with Crippen LogP contribution in [-0.4, -0.2) is 19.2 Å². The van der Waals surface area contributed by atoms with Gasteiger partial charge >= 0.3 is 5.97 Å². The van der Waals surface area contributed by atoms with E-state index in [9.17, 15) is 4.79 Å². The molecule has 1 aromatic carbocycles. The van der Waals surface area contributed by atoms with Crippen molar-refractivity contribution < 1.29 is 14.3 Å². The zero-order chi connectivity index (χ0) is 12.7. The largest absolute Gasteiger partial charge is 0.480 e. The van der Waals surface area contributed by atoms with Crippen LogP contribution < -0.4 is 4.74 Å². The topological polar surface area (TPSA) is 35.5 Å². The third kappa shape index (κ3) is 5.09. The fourth-order valence-electron chi connectivity index (χ4n) is 1.23. The predicted octanol–water partition coefficient (Wildman–Crippen LogP) is 3.37. The Balaban J connectivity index is 2.39. The number of rotatable bonds is 6. The van der Waals surface area contributed by atoms with E-state index >= 15 is 0 Å². The lowest BCUT2D eigenvalue weighted by Gasteiger charge is -2.08. The molecule has 0 spiro atoms. The summed E-state index contributed by atoms with van der Waals surface area (Å²) >= 11 is 5.93. The number of halogens is 1. The SMILES string of the molecule is CCCCOC(=O)COc1cc(C)ccc1Cl. The number of unbranched alkanes of at least 4 members (excludes halogenated alkanes) is 1. The van der Waals surface area contributed by atoms with Gasteiger partial charge < -0.3 is 9.47 Å². The van der Waals surface area contributed by atoms with Crippen molar-refractivity contribution in [2.75, 3.05) is 13.2 Å². The maximum Gasteiger partial charge on any atom is 0.344 e. The highest BCUT2D eigenvalue weighted by Gasteiger charge is 2.06. The molecule has 0 aromatic heterocycles. The first-order valence-electron chi connectivity index (χ1n) is 5.68. The molecule has 3 nitrogen and oxygen atoms in total. The second-order valence-corrected chi connectivity index (χ2v) is 4.20. The van der Waals surface area contributed by atoms with Crippen LogP contribution in [0.2, 0.25) is 5.02 Å². The molecule has 0 N–H and O–H groups in total. The van der Waals surface area contributed by atoms with Gasteiger partial charge in [0.25, 0.3) is 0 Å². The second-order valence-electron chi connectivity index (χ2n) is 3.80. The zero-order valence-corrected chi connectivity index (χ0v) is 10.9. The average Bonchev–Trinajstić information content (AvgIpc) is 2.31. The molecular formula is C13H17ClO3. The van der Waals surface area contributed by atoms with Gasteiger partial charge in [0.05, 0.1) is 11.6 Å². The number of aryl methyl sites for hydroxylation is 1. The van der Waals surface area contributed by atoms with Gasteiger partial charge in [0.15, 0.2) is 6.61 Å². The fourth-order valence-corrected chi connectivity index (χ4v) is 1.40. The Bertz CT molecular complexity index is 377. The van der Waals surface area contributed by atoms with E-state index in [1.165, 1.54) is 0 Å². The maximum atomic E-state index is 11.3. The van der Waals surface area contributed by atoms with Crippen LogP contribution in [0.1, 0.15) is 25.3 Å². The minimum Gasteiger partial charge on any atom is -0.480 e. The van der Waals surface area contributed by atoms with E-state index in [4.69, 9.17) is 21.1 Å².